The summed E-state index contributed by atoms with van der Waals surface area (Å²) in [6.45, 7) is 14.1. The minimum absolute atomic E-state index is 0. The summed E-state index contributed by atoms with van der Waals surface area (Å²) < 4.78 is 5.90. The van der Waals surface area contributed by atoms with Gasteiger partial charge in [0.15, 0.2) is 0 Å². The maximum Gasteiger partial charge on any atom is 3.00 e. The number of allylic oxidation sites excluding steroid dienone is 1. The molecule has 0 aliphatic heterocycles. The Bertz CT molecular complexity index is 2760. The summed E-state index contributed by atoms with van der Waals surface area (Å²) in [6, 6.07) is 63.1. The van der Waals surface area contributed by atoms with Gasteiger partial charge in [0.2, 0.25) is 0 Å². The standard InChI is InChI=1S/C31H28OSi.C28H29.CH3.Zr/c1-21-20-27-24(16-11-17-26(27)31(21)33(3)4)25-18-19-28(32-2)30(23-14-9-6-10-15-23)29(25)22-12-7-5-8-13-22;1-3-4-5-13-20-28(2)26-19-12-9-16-23(26)21-27(28)25-18-11-10-17-24(25)22-14-7-6-8-15-22;;/h5-20H,1-4H3;6-12,14-19,21H,2-5,13,20H2,1H3;1H3;/q3*-1;+3. The molecule has 314 valence electrons. The number of methoxy groups -OCH3 is 1. The molecule has 0 bridgehead atoms. The van der Waals surface area contributed by atoms with Crippen molar-refractivity contribution < 1.29 is 30.9 Å². The molecule has 1 aliphatic rings. The van der Waals surface area contributed by atoms with Crippen LogP contribution in [0.25, 0.3) is 66.9 Å². The first-order valence-corrected chi connectivity index (χ1v) is 24.5. The van der Waals surface area contributed by atoms with Gasteiger partial charge in [0.1, 0.15) is 5.75 Å². The molecule has 2 radical (unpaired) electrons. The second kappa shape index (κ2) is 21.4. The molecule has 0 saturated heterocycles. The van der Waals surface area contributed by atoms with Crippen LogP contribution in [0.2, 0.25) is 13.1 Å². The number of benzene rings is 7. The number of hydrogen-bond donors (Lipinski definition) is 0. The largest absolute Gasteiger partial charge is 3.00 e. The van der Waals surface area contributed by atoms with E-state index in [0.717, 1.165) is 23.3 Å². The molecule has 63 heavy (non-hydrogen) atoms. The molecule has 0 heterocycles. The molecule has 1 unspecified atom stereocenters. The number of fused-ring (bicyclic) bond motifs is 2. The van der Waals surface area contributed by atoms with Gasteiger partial charge in [-0.2, -0.15) is 6.07 Å². The van der Waals surface area contributed by atoms with Crippen molar-refractivity contribution in [2.24, 2.45) is 0 Å². The molecule has 1 aliphatic carbocycles. The zero-order chi connectivity index (χ0) is 42.3. The van der Waals surface area contributed by atoms with Crippen LogP contribution < -0.4 is 9.92 Å². The van der Waals surface area contributed by atoms with Gasteiger partial charge >= 0.3 is 26.2 Å². The first-order valence-electron chi connectivity index (χ1n) is 22.0. The molecule has 0 amide bonds. The van der Waals surface area contributed by atoms with E-state index < -0.39 is 8.80 Å². The fraction of sp³-hybridized carbons (Fsp3) is 0.183. The molecule has 8 aromatic rings. The monoisotopic (exact) mass is 914 g/mol. The van der Waals surface area contributed by atoms with Crippen LogP contribution in [0.5, 0.6) is 5.75 Å². The van der Waals surface area contributed by atoms with Crippen LogP contribution in [-0.2, 0) is 31.6 Å². The molecule has 0 saturated carbocycles. The molecule has 0 N–H and O–H groups in total. The molecule has 0 aromatic heterocycles. The average Bonchev–Trinajstić information content (AvgIpc) is 3.81. The minimum Gasteiger partial charge on any atom is -0.496 e. The Morgan fingerprint density at radius 3 is 1.79 bits per heavy atom. The fourth-order valence-electron chi connectivity index (χ4n) is 9.66. The molecule has 9 rings (SSSR count). The van der Waals surface area contributed by atoms with Crippen LogP contribution in [0.15, 0.2) is 176 Å². The van der Waals surface area contributed by atoms with Gasteiger partial charge < -0.3 is 19.1 Å². The minimum atomic E-state index is -0.565. The molecule has 0 fully saturated rings. The Kier molecular flexibility index (Phi) is 16.1. The zero-order valence-electron chi connectivity index (χ0n) is 38.0. The smallest absolute Gasteiger partial charge is 0.496 e. The van der Waals surface area contributed by atoms with Crippen molar-refractivity contribution in [2.45, 2.75) is 64.5 Å². The van der Waals surface area contributed by atoms with Gasteiger partial charge in [-0.3, -0.25) is 0 Å². The number of aryl methyl sites for hydroxylation is 1. The second-order valence-corrected chi connectivity index (χ2v) is 19.2. The van der Waals surface area contributed by atoms with Crippen molar-refractivity contribution in [3.63, 3.8) is 0 Å². The fourth-order valence-corrected chi connectivity index (χ4v) is 11.3. The van der Waals surface area contributed by atoms with E-state index in [4.69, 9.17) is 11.7 Å². The quantitative estimate of drug-likeness (QED) is 0.0674. The summed E-state index contributed by atoms with van der Waals surface area (Å²) in [7, 11) is 1.19. The number of rotatable bonds is 12. The van der Waals surface area contributed by atoms with Gasteiger partial charge in [-0.1, -0.05) is 233 Å². The third-order valence-electron chi connectivity index (χ3n) is 12.5. The first-order chi connectivity index (χ1) is 29.8. The topological polar surface area (TPSA) is 9.23 Å². The third kappa shape index (κ3) is 9.67. The Morgan fingerprint density at radius 2 is 1.16 bits per heavy atom. The summed E-state index contributed by atoms with van der Waals surface area (Å²) in [6.07, 6.45) is 8.54. The molecule has 1 atom stereocenters. The third-order valence-corrected chi connectivity index (χ3v) is 14.1. The van der Waals surface area contributed by atoms with Crippen molar-refractivity contribution in [1.82, 2.24) is 0 Å². The van der Waals surface area contributed by atoms with Crippen molar-refractivity contribution >= 4 is 36.4 Å². The molecule has 8 aromatic carbocycles. The van der Waals surface area contributed by atoms with Gasteiger partial charge in [-0.15, -0.1) is 39.1 Å². The number of ether oxygens (including phenoxy) is 1. The Morgan fingerprint density at radius 1 is 0.587 bits per heavy atom. The maximum absolute atomic E-state index is 5.90. The second-order valence-electron chi connectivity index (χ2n) is 16.7. The molecular formula is C60H60OSiZr. The molecular weight excluding hydrogens is 856 g/mol. The summed E-state index contributed by atoms with van der Waals surface area (Å²) >= 11 is 0. The van der Waals surface area contributed by atoms with Crippen molar-refractivity contribution in [2.75, 3.05) is 7.11 Å². The van der Waals surface area contributed by atoms with Crippen LogP contribution in [0.3, 0.4) is 0 Å². The van der Waals surface area contributed by atoms with Crippen LogP contribution in [0.1, 0.15) is 61.3 Å². The molecule has 0 spiro atoms. The van der Waals surface area contributed by atoms with Crippen molar-refractivity contribution in [3.8, 4) is 50.3 Å². The van der Waals surface area contributed by atoms with E-state index in [1.54, 1.807) is 12.3 Å². The predicted octanol–water partition coefficient (Wildman–Crippen LogP) is 16.2. The van der Waals surface area contributed by atoms with E-state index >= 15 is 0 Å². The van der Waals surface area contributed by atoms with Gasteiger partial charge in [0, 0.05) is 19.9 Å². The maximum atomic E-state index is 5.90. The summed E-state index contributed by atoms with van der Waals surface area (Å²) in [5.41, 5.74) is 16.4. The first kappa shape index (κ1) is 47.3. The SMILES string of the molecule is COc1ccc(-c2cccc3c2cc(C)[c-]3[Si](C)C)c(-c2ccccc2)c1-c1ccccc1.[CH2-]C1(CCCCCC)C(c2ccccc2-c2ccccc2)=Cc2ccccc21.[CH3-].[Zr+3]. The van der Waals surface area contributed by atoms with E-state index in [-0.39, 0.29) is 39.0 Å². The van der Waals surface area contributed by atoms with Crippen LogP contribution in [0, 0.1) is 21.3 Å². The summed E-state index contributed by atoms with van der Waals surface area (Å²) in [5, 5.41) is 4.30. The predicted molar refractivity (Wildman–Crippen MR) is 273 cm³/mol. The van der Waals surface area contributed by atoms with Gasteiger partial charge in [0.05, 0.1) is 7.11 Å². The number of hydrogen-bond acceptors (Lipinski definition) is 1. The average molecular weight is 916 g/mol. The Labute approximate surface area is 399 Å². The van der Waals surface area contributed by atoms with E-state index in [9.17, 15) is 0 Å². The van der Waals surface area contributed by atoms with E-state index in [0.29, 0.717) is 0 Å². The Balaban J connectivity index is 0.000000206. The normalized spacial score (nSPS) is 13.9. The Hall–Kier alpha value is -5.21. The van der Waals surface area contributed by atoms with Crippen molar-refractivity contribution in [1.29, 1.82) is 0 Å². The van der Waals surface area contributed by atoms with Crippen molar-refractivity contribution in [3.05, 3.63) is 213 Å². The van der Waals surface area contributed by atoms with E-state index in [1.165, 1.54) is 97.7 Å². The molecule has 3 heteroatoms. The van der Waals surface area contributed by atoms with Crippen LogP contribution >= 0.6 is 0 Å². The van der Waals surface area contributed by atoms with E-state index in [2.05, 4.69) is 209 Å². The summed E-state index contributed by atoms with van der Waals surface area (Å²) in [5.74, 6) is 0.892. The summed E-state index contributed by atoms with van der Waals surface area (Å²) in [4.78, 5) is 0. The zero-order valence-corrected chi connectivity index (χ0v) is 41.4. The van der Waals surface area contributed by atoms with Gasteiger partial charge in [-0.05, 0) is 45.0 Å². The molecule has 1 nitrogen and oxygen atoms in total. The van der Waals surface area contributed by atoms with E-state index in [1.807, 2.05) is 0 Å². The van der Waals surface area contributed by atoms with Gasteiger partial charge in [0.25, 0.3) is 0 Å². The number of unbranched alkanes of at least 4 members (excludes halogenated alkanes) is 3. The van der Waals surface area contributed by atoms with Crippen LogP contribution in [0.4, 0.5) is 0 Å². The van der Waals surface area contributed by atoms with Gasteiger partial charge in [-0.25, -0.2) is 0 Å². The van der Waals surface area contributed by atoms with Crippen LogP contribution in [-0.4, -0.2) is 15.9 Å².